The summed E-state index contributed by atoms with van der Waals surface area (Å²) in [4.78, 5) is 27.1. The van der Waals surface area contributed by atoms with Crippen molar-refractivity contribution in [2.75, 3.05) is 19.7 Å². The van der Waals surface area contributed by atoms with Crippen LogP contribution in [0.4, 0.5) is 4.39 Å². The molecule has 1 aromatic carbocycles. The van der Waals surface area contributed by atoms with E-state index in [0.29, 0.717) is 24.9 Å². The maximum atomic E-state index is 15.1. The van der Waals surface area contributed by atoms with E-state index >= 15 is 4.39 Å². The number of nitrogens with one attached hydrogen (secondary N) is 1. The molecule has 232 valence electrons. The fraction of sp³-hybridized carbons (Fsp3) is 0.750. The zero-order chi connectivity index (χ0) is 30.4. The molecule has 1 aromatic rings. The lowest BCUT2D eigenvalue weighted by atomic mass is 9.44. The van der Waals surface area contributed by atoms with Gasteiger partial charge in [-0.3, -0.25) is 4.79 Å². The van der Waals surface area contributed by atoms with Crippen LogP contribution in [-0.2, 0) is 25.6 Å². The van der Waals surface area contributed by atoms with Crippen LogP contribution in [0.5, 0.6) is 5.75 Å². The van der Waals surface area contributed by atoms with Crippen LogP contribution in [-0.4, -0.2) is 60.9 Å². The van der Waals surface area contributed by atoms with E-state index < -0.39 is 48.5 Å². The van der Waals surface area contributed by atoms with E-state index in [9.17, 15) is 19.7 Å². The van der Waals surface area contributed by atoms with Gasteiger partial charge < -0.3 is 29.6 Å². The molecular weight excluding hydrogens is 540 g/mol. The molecule has 2 bridgehead atoms. The number of carbonyl (C=O) groups is 2. The van der Waals surface area contributed by atoms with E-state index in [0.717, 1.165) is 38.6 Å². The molecule has 5 rings (SSSR count). The molecule has 3 N–H and O–H groups in total. The molecule has 3 aliphatic carbocycles. The number of unbranched alkanes of at least 4 members (excludes halogenated alkanes) is 1. The Kier molecular flexibility index (Phi) is 8.85. The summed E-state index contributed by atoms with van der Waals surface area (Å²) in [6.45, 7) is 11.5. The molecule has 3 fully saturated rings. The lowest BCUT2D eigenvalue weighted by molar-refractivity contribution is -0.212. The SMILES string of the molecule is CCCCNC[C@]1(C)C[C@@H](OC(=O)COc2ccc3c(c2F)B(O)OC3)[C@]2(C)[C@H](C)CC[C@]3(CCC(=O)[C@H]32)[C@@H](C)[C@@H]1O. The number of ketones is 1. The maximum absolute atomic E-state index is 15.1. The van der Waals surface area contributed by atoms with Gasteiger partial charge in [-0.1, -0.05) is 47.1 Å². The number of hydrogen-bond acceptors (Lipinski definition) is 8. The first-order chi connectivity index (χ1) is 19.9. The summed E-state index contributed by atoms with van der Waals surface area (Å²) in [5.74, 6) is -1.65. The van der Waals surface area contributed by atoms with Crippen LogP contribution in [0.25, 0.3) is 0 Å². The normalized spacial score (nSPS) is 37.6. The molecule has 0 saturated heterocycles. The van der Waals surface area contributed by atoms with Gasteiger partial charge in [-0.25, -0.2) is 9.18 Å². The third kappa shape index (κ3) is 5.10. The van der Waals surface area contributed by atoms with Crippen LogP contribution >= 0.6 is 0 Å². The number of aliphatic hydroxyl groups is 1. The van der Waals surface area contributed by atoms with Crippen LogP contribution < -0.4 is 15.5 Å². The summed E-state index contributed by atoms with van der Waals surface area (Å²) in [7, 11) is -1.38. The van der Waals surface area contributed by atoms with Crippen LogP contribution in [0.2, 0.25) is 0 Å². The van der Waals surface area contributed by atoms with Crippen molar-refractivity contribution in [3.05, 3.63) is 23.5 Å². The highest BCUT2D eigenvalue weighted by atomic mass is 19.1. The Hall–Kier alpha value is -2.01. The number of aliphatic hydroxyl groups excluding tert-OH is 1. The quantitative estimate of drug-likeness (QED) is 0.229. The monoisotopic (exact) mass is 587 g/mol. The fourth-order valence-corrected chi connectivity index (χ4v) is 8.90. The van der Waals surface area contributed by atoms with E-state index in [-0.39, 0.29) is 46.8 Å². The molecule has 0 unspecified atom stereocenters. The van der Waals surface area contributed by atoms with Gasteiger partial charge in [0.25, 0.3) is 0 Å². The number of carbonyl (C=O) groups excluding carboxylic acids is 2. The van der Waals surface area contributed by atoms with Crippen LogP contribution in [0.15, 0.2) is 12.1 Å². The number of Topliss-reactive ketones (excluding diaryl/α,β-unsaturated/α-hetero) is 1. The summed E-state index contributed by atoms with van der Waals surface area (Å²) in [5.41, 5.74) is -1.02. The second kappa shape index (κ2) is 11.8. The highest BCUT2D eigenvalue weighted by Crippen LogP contribution is 2.67. The van der Waals surface area contributed by atoms with Crippen molar-refractivity contribution in [2.24, 2.45) is 34.0 Å². The Labute approximate surface area is 249 Å². The lowest BCUT2D eigenvalue weighted by Crippen LogP contribution is -2.64. The van der Waals surface area contributed by atoms with Gasteiger partial charge >= 0.3 is 13.1 Å². The van der Waals surface area contributed by atoms with Crippen molar-refractivity contribution in [1.82, 2.24) is 5.32 Å². The van der Waals surface area contributed by atoms with Crippen molar-refractivity contribution in [2.45, 2.75) is 98.4 Å². The van der Waals surface area contributed by atoms with Gasteiger partial charge in [-0.2, -0.15) is 0 Å². The first kappa shape index (κ1) is 31.4. The Morgan fingerprint density at radius 2 is 2.02 bits per heavy atom. The van der Waals surface area contributed by atoms with Crippen LogP contribution in [0.3, 0.4) is 0 Å². The summed E-state index contributed by atoms with van der Waals surface area (Å²) in [6.07, 6.45) is 4.12. The van der Waals surface area contributed by atoms with Crippen molar-refractivity contribution in [3.8, 4) is 5.75 Å². The predicted molar refractivity (Wildman–Crippen MR) is 157 cm³/mol. The topological polar surface area (TPSA) is 114 Å². The van der Waals surface area contributed by atoms with Crippen molar-refractivity contribution >= 4 is 24.3 Å². The molecule has 4 aliphatic rings. The van der Waals surface area contributed by atoms with E-state index in [1.165, 1.54) is 6.07 Å². The Bertz CT molecular complexity index is 1200. The van der Waals surface area contributed by atoms with Gasteiger partial charge in [0.15, 0.2) is 18.2 Å². The highest BCUT2D eigenvalue weighted by Gasteiger charge is 2.68. The molecular formula is C32H47BFNO7. The third-order valence-electron chi connectivity index (χ3n) is 11.6. The number of rotatable bonds is 9. The number of esters is 1. The Balaban J connectivity index is 1.44. The zero-order valence-corrected chi connectivity index (χ0v) is 25.7. The third-order valence-corrected chi connectivity index (χ3v) is 11.6. The van der Waals surface area contributed by atoms with Gasteiger partial charge in [0, 0.05) is 35.2 Å². The summed E-state index contributed by atoms with van der Waals surface area (Å²) in [5, 5.41) is 25.5. The molecule has 0 amide bonds. The fourth-order valence-electron chi connectivity index (χ4n) is 8.90. The average Bonchev–Trinajstić information content (AvgIpc) is 3.52. The van der Waals surface area contributed by atoms with Gasteiger partial charge in [0.05, 0.1) is 12.7 Å². The van der Waals surface area contributed by atoms with Gasteiger partial charge in [-0.15, -0.1) is 0 Å². The first-order valence-corrected chi connectivity index (χ1v) is 15.7. The lowest BCUT2D eigenvalue weighted by Gasteiger charge is -2.62. The number of benzene rings is 1. The van der Waals surface area contributed by atoms with Crippen molar-refractivity contribution in [1.29, 1.82) is 0 Å². The van der Waals surface area contributed by atoms with Crippen molar-refractivity contribution < 1.29 is 38.2 Å². The molecule has 0 spiro atoms. The Morgan fingerprint density at radius 3 is 2.76 bits per heavy atom. The van der Waals surface area contributed by atoms with Gasteiger partial charge in [-0.05, 0) is 67.5 Å². The molecule has 8 atom stereocenters. The van der Waals surface area contributed by atoms with Crippen LogP contribution in [0.1, 0.15) is 85.1 Å². The predicted octanol–water partition coefficient (Wildman–Crippen LogP) is 3.53. The molecule has 0 radical (unpaired) electrons. The number of fused-ring (bicyclic) bond motifs is 1. The highest BCUT2D eigenvalue weighted by molar-refractivity contribution is 6.61. The summed E-state index contributed by atoms with van der Waals surface area (Å²) in [6, 6.07) is 3.03. The minimum absolute atomic E-state index is 0.0231. The standard InChI is InChI=1S/C32H47BFNO7/c1-6-7-14-35-18-30(4)15-24(42-25(37)17-40-23-9-8-21-16-41-33(39)26(21)27(23)34)31(5)19(2)10-12-32(20(3)29(30)38)13-11-22(36)28(31)32/h8-9,19-20,24,28-29,35,38-39H,6-7,10-18H2,1-5H3/t19-,20+,24-,28+,29+,30+,31+,32+/m1/s1. The molecule has 42 heavy (non-hydrogen) atoms. The van der Waals surface area contributed by atoms with Gasteiger partial charge in [0.2, 0.25) is 0 Å². The largest absolute Gasteiger partial charge is 0.494 e. The second-order valence-corrected chi connectivity index (χ2v) is 13.9. The second-order valence-electron chi connectivity index (χ2n) is 13.9. The van der Waals surface area contributed by atoms with E-state index in [4.69, 9.17) is 14.1 Å². The zero-order valence-electron chi connectivity index (χ0n) is 25.7. The van der Waals surface area contributed by atoms with E-state index in [2.05, 4.69) is 39.9 Å². The summed E-state index contributed by atoms with van der Waals surface area (Å²) < 4.78 is 32.0. The number of halogens is 1. The Morgan fingerprint density at radius 1 is 1.26 bits per heavy atom. The molecule has 3 saturated carbocycles. The smallest absolute Gasteiger partial charge is 0.479 e. The minimum Gasteiger partial charge on any atom is -0.479 e. The molecule has 10 heteroatoms. The van der Waals surface area contributed by atoms with Crippen molar-refractivity contribution in [3.63, 3.8) is 0 Å². The first-order valence-electron chi connectivity index (χ1n) is 15.7. The number of ether oxygens (including phenoxy) is 2. The summed E-state index contributed by atoms with van der Waals surface area (Å²) >= 11 is 0. The van der Waals surface area contributed by atoms with E-state index in [1.807, 2.05) is 0 Å². The minimum atomic E-state index is -1.38. The average molecular weight is 588 g/mol. The van der Waals surface area contributed by atoms with Gasteiger partial charge in [0.1, 0.15) is 11.9 Å². The number of hydrogen-bond donors (Lipinski definition) is 3. The maximum Gasteiger partial charge on any atom is 0.494 e. The van der Waals surface area contributed by atoms with Crippen LogP contribution in [0, 0.1) is 39.8 Å². The molecule has 1 heterocycles. The molecule has 1 aliphatic heterocycles. The molecule has 8 nitrogen and oxygen atoms in total. The molecule has 0 aromatic heterocycles. The van der Waals surface area contributed by atoms with E-state index in [1.54, 1.807) is 6.07 Å².